The van der Waals surface area contributed by atoms with Crippen molar-refractivity contribution in [1.29, 1.82) is 0 Å². The molecule has 1 aromatic rings. The lowest BCUT2D eigenvalue weighted by atomic mass is 10.1. The maximum absolute atomic E-state index is 12.6. The Kier molecular flexibility index (Phi) is 4.96. The summed E-state index contributed by atoms with van der Waals surface area (Å²) in [5.41, 5.74) is 5.67. The van der Waals surface area contributed by atoms with Gasteiger partial charge in [-0.15, -0.1) is 12.4 Å². The number of halogens is 1. The number of hydrogen-bond acceptors (Lipinski definition) is 4. The lowest BCUT2D eigenvalue weighted by molar-refractivity contribution is -0.143. The number of para-hydroxylation sites is 2. The van der Waals surface area contributed by atoms with Crippen LogP contribution < -0.4 is 15.2 Å². The van der Waals surface area contributed by atoms with Crippen LogP contribution in [0.25, 0.3) is 0 Å². The number of rotatable bonds is 2. The molecule has 1 aromatic carbocycles. The molecule has 0 radical (unpaired) electrons. The summed E-state index contributed by atoms with van der Waals surface area (Å²) in [6, 6.07) is 7.45. The zero-order chi connectivity index (χ0) is 14.1. The van der Waals surface area contributed by atoms with Crippen LogP contribution in [0, 0.1) is 5.92 Å². The molecule has 3 atom stereocenters. The van der Waals surface area contributed by atoms with E-state index < -0.39 is 6.10 Å². The molecule has 0 aliphatic carbocycles. The first-order chi connectivity index (χ1) is 9.69. The molecule has 2 N–H and O–H groups in total. The number of hydrogen-bond donors (Lipinski definition) is 1. The topological polar surface area (TPSA) is 64.8 Å². The van der Waals surface area contributed by atoms with Crippen LogP contribution in [0.15, 0.2) is 24.3 Å². The van der Waals surface area contributed by atoms with E-state index >= 15 is 0 Å². The van der Waals surface area contributed by atoms with Crippen molar-refractivity contribution >= 4 is 18.3 Å². The fourth-order valence-electron chi connectivity index (χ4n) is 2.80. The van der Waals surface area contributed by atoms with Crippen LogP contribution in [0.5, 0.6) is 11.5 Å². The van der Waals surface area contributed by atoms with Gasteiger partial charge >= 0.3 is 0 Å². The third-order valence-corrected chi connectivity index (χ3v) is 4.02. The van der Waals surface area contributed by atoms with Crippen molar-refractivity contribution in [3.8, 4) is 11.5 Å². The van der Waals surface area contributed by atoms with Gasteiger partial charge in [-0.1, -0.05) is 12.1 Å². The van der Waals surface area contributed by atoms with Crippen LogP contribution >= 0.6 is 12.4 Å². The molecule has 5 nitrogen and oxygen atoms in total. The molecule has 0 aromatic heterocycles. The minimum absolute atomic E-state index is 0. The van der Waals surface area contributed by atoms with Gasteiger partial charge in [0.1, 0.15) is 6.10 Å². The molecular weight excluding hydrogens is 292 g/mol. The first-order valence-corrected chi connectivity index (χ1v) is 7.10. The lowest BCUT2D eigenvalue weighted by Crippen LogP contribution is -2.50. The first kappa shape index (κ1) is 15.9. The van der Waals surface area contributed by atoms with Gasteiger partial charge in [0.05, 0.1) is 0 Å². The van der Waals surface area contributed by atoms with E-state index in [9.17, 15) is 4.79 Å². The molecule has 0 bridgehead atoms. The number of carbonyl (C=O) groups excluding carboxylic acids is 1. The summed E-state index contributed by atoms with van der Waals surface area (Å²) < 4.78 is 11.6. The van der Waals surface area contributed by atoms with Crippen LogP contribution in [0.2, 0.25) is 0 Å². The van der Waals surface area contributed by atoms with Crippen molar-refractivity contribution < 1.29 is 14.3 Å². The Morgan fingerprint density at radius 2 is 2.00 bits per heavy atom. The van der Waals surface area contributed by atoms with Gasteiger partial charge in [0.15, 0.2) is 11.5 Å². The molecular formula is C15H21ClN2O3. The minimum atomic E-state index is -0.568. The first-order valence-electron chi connectivity index (χ1n) is 7.10. The zero-order valence-electron chi connectivity index (χ0n) is 12.0. The Bertz CT molecular complexity index is 511. The summed E-state index contributed by atoms with van der Waals surface area (Å²) in [4.78, 5) is 14.4. The summed E-state index contributed by atoms with van der Waals surface area (Å²) in [6.45, 7) is 3.98. The van der Waals surface area contributed by atoms with E-state index in [0.29, 0.717) is 24.0 Å². The van der Waals surface area contributed by atoms with E-state index in [1.807, 2.05) is 36.1 Å². The third kappa shape index (κ3) is 3.09. The highest BCUT2D eigenvalue weighted by atomic mass is 35.5. The van der Waals surface area contributed by atoms with Crippen molar-refractivity contribution in [3.63, 3.8) is 0 Å². The van der Waals surface area contributed by atoms with E-state index in [1.54, 1.807) is 0 Å². The molecule has 2 aliphatic rings. The molecule has 2 heterocycles. The number of fused-ring (bicyclic) bond motifs is 1. The third-order valence-electron chi connectivity index (χ3n) is 4.02. The second kappa shape index (κ2) is 6.54. The van der Waals surface area contributed by atoms with Gasteiger partial charge in [-0.3, -0.25) is 4.79 Å². The number of amides is 1. The summed E-state index contributed by atoms with van der Waals surface area (Å²) in [5, 5.41) is 0. The number of nitrogens with zero attached hydrogens (tertiary/aromatic N) is 1. The number of benzene rings is 1. The average molecular weight is 313 g/mol. The van der Waals surface area contributed by atoms with Gasteiger partial charge in [-0.25, -0.2) is 0 Å². The summed E-state index contributed by atoms with van der Waals surface area (Å²) >= 11 is 0. The summed E-state index contributed by atoms with van der Waals surface area (Å²) in [7, 11) is 0. The molecule has 21 heavy (non-hydrogen) atoms. The van der Waals surface area contributed by atoms with Crippen LogP contribution in [0.3, 0.4) is 0 Å². The molecule has 1 saturated heterocycles. The van der Waals surface area contributed by atoms with Crippen LogP contribution in [-0.2, 0) is 4.79 Å². The zero-order valence-corrected chi connectivity index (χ0v) is 12.8. The van der Waals surface area contributed by atoms with E-state index in [4.69, 9.17) is 15.2 Å². The van der Waals surface area contributed by atoms with Crippen LogP contribution in [0.1, 0.15) is 13.3 Å². The van der Waals surface area contributed by atoms with Crippen LogP contribution in [-0.4, -0.2) is 42.6 Å². The van der Waals surface area contributed by atoms with Gasteiger partial charge in [0.2, 0.25) is 6.10 Å². The van der Waals surface area contributed by atoms with Crippen molar-refractivity contribution in [2.24, 2.45) is 11.7 Å². The fraction of sp³-hybridized carbons (Fsp3) is 0.533. The molecule has 2 aliphatic heterocycles. The van der Waals surface area contributed by atoms with E-state index in [0.717, 1.165) is 19.5 Å². The Morgan fingerprint density at radius 1 is 1.33 bits per heavy atom. The average Bonchev–Trinajstić information content (AvgIpc) is 2.94. The Balaban J connectivity index is 0.00000161. The van der Waals surface area contributed by atoms with Crippen molar-refractivity contribution in [2.45, 2.75) is 25.6 Å². The van der Waals surface area contributed by atoms with Gasteiger partial charge in [-0.05, 0) is 37.9 Å². The maximum Gasteiger partial charge on any atom is 0.267 e. The Labute approximate surface area is 130 Å². The maximum atomic E-state index is 12.6. The Hall–Kier alpha value is -1.46. The van der Waals surface area contributed by atoms with E-state index in [1.165, 1.54) is 0 Å². The Morgan fingerprint density at radius 3 is 2.62 bits per heavy atom. The van der Waals surface area contributed by atoms with Crippen molar-refractivity contribution in [1.82, 2.24) is 4.90 Å². The molecule has 116 valence electrons. The molecule has 6 heteroatoms. The summed E-state index contributed by atoms with van der Waals surface area (Å²) in [6.07, 6.45) is 0.122. The molecule has 1 amide bonds. The molecule has 0 spiro atoms. The predicted octanol–water partition coefficient (Wildman–Crippen LogP) is 1.44. The van der Waals surface area contributed by atoms with Gasteiger partial charge < -0.3 is 20.1 Å². The van der Waals surface area contributed by atoms with Gasteiger partial charge in [-0.2, -0.15) is 0 Å². The summed E-state index contributed by atoms with van der Waals surface area (Å²) in [5.74, 6) is 1.75. The quantitative estimate of drug-likeness (QED) is 0.897. The monoisotopic (exact) mass is 312 g/mol. The minimum Gasteiger partial charge on any atom is -0.482 e. The largest absolute Gasteiger partial charge is 0.482 e. The SMILES string of the molecule is CC1Oc2ccccc2OC1C(=O)N1CCC(CN)C1.Cl. The smallest absolute Gasteiger partial charge is 0.267 e. The number of ether oxygens (including phenoxy) is 2. The molecule has 3 unspecified atom stereocenters. The van der Waals surface area contributed by atoms with Gasteiger partial charge in [0.25, 0.3) is 5.91 Å². The second-order valence-corrected chi connectivity index (χ2v) is 5.48. The highest BCUT2D eigenvalue weighted by Crippen LogP contribution is 2.34. The lowest BCUT2D eigenvalue weighted by Gasteiger charge is -2.33. The number of likely N-dealkylation sites (tertiary alicyclic amines) is 1. The van der Waals surface area contributed by atoms with Crippen molar-refractivity contribution in [2.75, 3.05) is 19.6 Å². The number of carbonyl (C=O) groups is 1. The van der Waals surface area contributed by atoms with Crippen LogP contribution in [0.4, 0.5) is 0 Å². The van der Waals surface area contributed by atoms with E-state index in [-0.39, 0.29) is 24.4 Å². The normalized spacial score (nSPS) is 27.1. The molecule has 0 saturated carbocycles. The fourth-order valence-corrected chi connectivity index (χ4v) is 2.80. The van der Waals surface area contributed by atoms with E-state index in [2.05, 4.69) is 0 Å². The second-order valence-electron chi connectivity index (χ2n) is 5.48. The highest BCUT2D eigenvalue weighted by molar-refractivity contribution is 5.85. The highest BCUT2D eigenvalue weighted by Gasteiger charge is 2.38. The molecule has 1 fully saturated rings. The predicted molar refractivity (Wildman–Crippen MR) is 81.9 cm³/mol. The molecule has 3 rings (SSSR count). The standard InChI is InChI=1S/C15H20N2O3.ClH/c1-10-14(15(18)17-7-6-11(8-16)9-17)20-13-5-3-2-4-12(13)19-10;/h2-5,10-11,14H,6-9,16H2,1H3;1H. The van der Waals surface area contributed by atoms with Crippen molar-refractivity contribution in [3.05, 3.63) is 24.3 Å². The van der Waals surface area contributed by atoms with Gasteiger partial charge in [0, 0.05) is 13.1 Å². The number of nitrogens with two attached hydrogens (primary N) is 1.